The summed E-state index contributed by atoms with van der Waals surface area (Å²) in [6.07, 6.45) is -1.90. The number of benzene rings is 3. The van der Waals surface area contributed by atoms with Gasteiger partial charge in [0.2, 0.25) is 106 Å². The maximum Gasteiger partial charge on any atom is 0.326 e. The summed E-state index contributed by atoms with van der Waals surface area (Å²) in [5.41, 5.74) is 29.5. The summed E-state index contributed by atoms with van der Waals surface area (Å²) in [5.74, 6) is -21.3. The Balaban J connectivity index is 1.09. The van der Waals surface area contributed by atoms with Crippen LogP contribution >= 0.6 is 0 Å². The van der Waals surface area contributed by atoms with Crippen LogP contribution in [0, 0.1) is 11.3 Å². The molecule has 730 valence electrons. The number of aliphatic carboxylic acids is 2. The minimum Gasteiger partial charge on any atom is -0.508 e. The highest BCUT2D eigenvalue weighted by molar-refractivity contribution is 6.02. The van der Waals surface area contributed by atoms with E-state index in [-0.39, 0.29) is 133 Å². The van der Waals surface area contributed by atoms with Gasteiger partial charge in [0, 0.05) is 63.6 Å². The van der Waals surface area contributed by atoms with Gasteiger partial charge in [0.25, 0.3) is 0 Å². The second-order valence-electron chi connectivity index (χ2n) is 32.6. The van der Waals surface area contributed by atoms with E-state index in [1.54, 1.807) is 74.5 Å². The lowest BCUT2D eigenvalue weighted by Gasteiger charge is -2.31. The number of hydrogen-bond donors (Lipinski definition) is 26. The first-order valence-electron chi connectivity index (χ1n) is 43.4. The lowest BCUT2D eigenvalue weighted by Crippen LogP contribution is -2.61. The first-order chi connectivity index (χ1) is 63.6. The number of guanidine groups is 1. The fraction of sp³-hybridized carbons (Fsp3) is 0.506. The number of rotatable bonds is 56. The Labute approximate surface area is 769 Å². The molecule has 31 N–H and O–H groups in total. The number of aromatic nitrogens is 2. The zero-order valence-corrected chi connectivity index (χ0v) is 74.3. The number of phenols is 1. The van der Waals surface area contributed by atoms with E-state index in [0.717, 1.165) is 11.8 Å². The van der Waals surface area contributed by atoms with Crippen molar-refractivity contribution in [3.05, 3.63) is 120 Å². The molecule has 0 bridgehead atoms. The molecule has 18 amide bonds. The van der Waals surface area contributed by atoms with Crippen LogP contribution in [-0.4, -0.2) is 301 Å². The molecule has 2 fully saturated rings. The Bertz CT molecular complexity index is 4760. The first kappa shape index (κ1) is 108. The maximum absolute atomic E-state index is 14.9. The van der Waals surface area contributed by atoms with Crippen molar-refractivity contribution in [1.29, 1.82) is 5.41 Å². The quantitative estimate of drug-likeness (QED) is 0.0111. The number of nitrogens with zero attached hydrogens (tertiary/aromatic N) is 3. The fourth-order valence-corrected chi connectivity index (χ4v) is 14.4. The number of aliphatic hydroxyl groups is 1. The van der Waals surface area contributed by atoms with Gasteiger partial charge in [-0.05, 0) is 112 Å². The molecule has 0 unspecified atom stereocenters. The Kier molecular flexibility index (Phi) is 44.1. The van der Waals surface area contributed by atoms with Crippen LogP contribution in [0.4, 0.5) is 0 Å². The van der Waals surface area contributed by atoms with Crippen LogP contribution in [0.25, 0.3) is 0 Å². The molecule has 0 saturated carbocycles. The number of nitrogens with two attached hydrogens (primary N) is 5. The number of aromatic hydroxyl groups is 1. The van der Waals surface area contributed by atoms with Crippen LogP contribution < -0.4 is 108 Å². The lowest BCUT2D eigenvalue weighted by atomic mass is 10.0. The third kappa shape index (κ3) is 37.2. The summed E-state index contributed by atoms with van der Waals surface area (Å²) in [7, 11) is 0. The van der Waals surface area contributed by atoms with E-state index in [1.165, 1.54) is 41.7 Å². The molecule has 6 rings (SSSR count). The molecule has 0 radical (unpaired) electrons. The Morgan fingerprint density at radius 3 is 1.50 bits per heavy atom. The second-order valence-corrected chi connectivity index (χ2v) is 32.6. The number of hydrogen-bond acceptors (Lipinski definition) is 26. The van der Waals surface area contributed by atoms with Gasteiger partial charge in [-0.15, -0.1) is 0 Å². The highest BCUT2D eigenvalue weighted by Crippen LogP contribution is 2.23. The molecule has 0 spiro atoms. The fourth-order valence-electron chi connectivity index (χ4n) is 14.4. The molecule has 3 aromatic carbocycles. The molecule has 2 aliphatic heterocycles. The normalized spacial score (nSPS) is 16.0. The van der Waals surface area contributed by atoms with Crippen molar-refractivity contribution in [3.8, 4) is 5.75 Å². The van der Waals surface area contributed by atoms with Crippen molar-refractivity contribution >= 4 is 124 Å². The number of amides is 18. The number of aromatic amines is 1. The van der Waals surface area contributed by atoms with Crippen molar-refractivity contribution < 1.29 is 116 Å². The van der Waals surface area contributed by atoms with Crippen LogP contribution in [0.3, 0.4) is 0 Å². The number of likely N-dealkylation sites (tertiary alicyclic amines) is 2. The number of phenolic OH excluding ortho intramolecular Hbond substituents is 1. The standard InChI is InChI=1S/C85H121N25O24/c1-45(2)32-55(77(126)107-61(35-49-22-24-51(112)25-23-49)83(132)110-31-12-20-62(110)81(130)102-53(18-10-28-86)75(124)105-59(37-65(89)114)74(123)97-43-69(118)109-30-13-21-63(109)84(133)134)99-67(116)41-94-66(115)40-95-73(122)56(33-47-14-6-4-7-15-47)103-79(128)58(36-50-39-92-44-98-50)100-68(117)42-96-82(131)71(46(3)111)108-80(129)60(38-70(119)120)106-78(127)57(34-48-16-8-5-9-17-48)104-76(125)54(19-11-29-93-85(90)91)101-72(121)52(87)26-27-64(88)113/h4-9,14-17,22-25,39,44-46,52-63,71,111-112H,10-13,18-21,26-38,40-43,86-87H2,1-3H3,(H2,88,113)(H2,89,114)(H,92,98)(H,94,115)(H,95,122)(H,96,131)(H,97,123)(H,99,116)(H,100,117)(H,101,121)(H,102,130)(H,103,128)(H,104,125)(H,105,124)(H,106,127)(H,107,126)(H,108,129)(H,119,120)(H,133,134)(H4,90,91,93)/t46-,52+,53+,54+,55+,56+,57+,58+,59+,60+,61+,62+,63+,71+/m1/s1. The average molecular weight is 1880 g/mol. The van der Waals surface area contributed by atoms with E-state index in [0.29, 0.717) is 23.1 Å². The summed E-state index contributed by atoms with van der Waals surface area (Å²) in [6, 6.07) is 1.91. The van der Waals surface area contributed by atoms with E-state index in [1.807, 2.05) is 0 Å². The molecule has 4 aromatic rings. The number of aliphatic hydroxyl groups excluding tert-OH is 1. The first-order valence-corrected chi connectivity index (χ1v) is 43.4. The van der Waals surface area contributed by atoms with Crippen molar-refractivity contribution in [1.82, 2.24) is 99.5 Å². The van der Waals surface area contributed by atoms with Gasteiger partial charge in [-0.25, -0.2) is 9.78 Å². The molecule has 49 nitrogen and oxygen atoms in total. The van der Waals surface area contributed by atoms with E-state index in [2.05, 4.69) is 89.7 Å². The minimum atomic E-state index is -2.05. The van der Waals surface area contributed by atoms with Crippen LogP contribution in [0.15, 0.2) is 97.5 Å². The molecule has 0 aliphatic carbocycles. The Morgan fingerprint density at radius 1 is 0.478 bits per heavy atom. The highest BCUT2D eigenvalue weighted by Gasteiger charge is 2.43. The third-order valence-electron chi connectivity index (χ3n) is 21.3. The van der Waals surface area contributed by atoms with Crippen LogP contribution in [0.1, 0.15) is 127 Å². The zero-order valence-electron chi connectivity index (χ0n) is 74.3. The summed E-state index contributed by atoms with van der Waals surface area (Å²) >= 11 is 0. The maximum atomic E-state index is 14.9. The van der Waals surface area contributed by atoms with E-state index in [9.17, 15) is 116 Å². The molecule has 2 aliphatic rings. The van der Waals surface area contributed by atoms with Gasteiger partial charge in [0.05, 0.1) is 57.5 Å². The number of carbonyl (C=O) groups excluding carboxylic acids is 18. The van der Waals surface area contributed by atoms with Crippen molar-refractivity contribution in [3.63, 3.8) is 0 Å². The molecule has 49 heteroatoms. The summed E-state index contributed by atoms with van der Waals surface area (Å²) in [5, 5.41) is 84.7. The Hall–Kier alpha value is -14.8. The number of H-pyrrole nitrogens is 1. The van der Waals surface area contributed by atoms with Crippen LogP contribution in [0.2, 0.25) is 0 Å². The van der Waals surface area contributed by atoms with Crippen LogP contribution in [-0.2, 0) is 122 Å². The largest absolute Gasteiger partial charge is 0.508 e. The number of nitrogens with one attached hydrogen (secondary N) is 17. The monoisotopic (exact) mass is 1880 g/mol. The average Bonchev–Trinajstić information content (AvgIpc) is 1.65. The zero-order chi connectivity index (χ0) is 98.8. The topological polar surface area (TPSA) is 792 Å². The minimum absolute atomic E-state index is 0.0225. The molecule has 134 heavy (non-hydrogen) atoms. The molecular weight excluding hydrogens is 1760 g/mol. The summed E-state index contributed by atoms with van der Waals surface area (Å²) < 4.78 is 0. The molecule has 1 aromatic heterocycles. The smallest absolute Gasteiger partial charge is 0.326 e. The van der Waals surface area contributed by atoms with Gasteiger partial charge in [0.15, 0.2) is 5.96 Å². The molecule has 2 saturated heterocycles. The lowest BCUT2D eigenvalue weighted by molar-refractivity contribution is -0.148. The molecule has 14 atom stereocenters. The number of carbonyl (C=O) groups is 20. The van der Waals surface area contributed by atoms with Gasteiger partial charge in [-0.1, -0.05) is 86.6 Å². The Morgan fingerprint density at radius 2 is 0.948 bits per heavy atom. The molecule has 3 heterocycles. The van der Waals surface area contributed by atoms with Crippen molar-refractivity contribution in [2.75, 3.05) is 52.4 Å². The second kappa shape index (κ2) is 54.8. The van der Waals surface area contributed by atoms with Crippen molar-refractivity contribution in [2.24, 2.45) is 34.6 Å². The number of carboxylic acid groups (broad SMARTS) is 2. The summed E-state index contributed by atoms with van der Waals surface area (Å²) in [4.78, 5) is 281. The van der Waals surface area contributed by atoms with E-state index >= 15 is 0 Å². The van der Waals surface area contributed by atoms with Crippen molar-refractivity contribution in [2.45, 2.75) is 215 Å². The van der Waals surface area contributed by atoms with Crippen LogP contribution in [0.5, 0.6) is 5.75 Å². The van der Waals surface area contributed by atoms with E-state index in [4.69, 9.17) is 34.1 Å². The van der Waals surface area contributed by atoms with Gasteiger partial charge in [0.1, 0.15) is 78.3 Å². The highest BCUT2D eigenvalue weighted by atomic mass is 16.4. The third-order valence-corrected chi connectivity index (χ3v) is 21.3. The van der Waals surface area contributed by atoms with Gasteiger partial charge in [-0.2, -0.15) is 0 Å². The van der Waals surface area contributed by atoms with Gasteiger partial charge >= 0.3 is 11.9 Å². The van der Waals surface area contributed by atoms with Gasteiger partial charge in [-0.3, -0.25) is 96.5 Å². The predicted octanol–water partition coefficient (Wildman–Crippen LogP) is -8.86. The molecular formula is C85H121N25O24. The number of carboxylic acids is 2. The number of imidazole rings is 1. The van der Waals surface area contributed by atoms with E-state index < -0.39 is 248 Å². The SMILES string of the molecule is CC(C)C[C@H](NC(=O)CNC(=O)CNC(=O)[C@H](Cc1ccccc1)NC(=O)[C@H](Cc1cnc[nH]1)NC(=O)CNC(=O)[C@@H](NC(=O)[C@H](CC(=O)O)NC(=O)[C@H](Cc1ccccc1)NC(=O)[C@H](CCCNC(=N)N)NC(=O)[C@@H](N)CCC(N)=O)[C@@H](C)O)C(=O)N[C@@H](Cc1ccc(O)cc1)C(=O)N1CCC[C@H]1C(=O)N[C@@H](CCCN)C(=O)N[C@@H](CC(N)=O)C(=O)NCC(=O)N1CCC[C@H]1C(=O)O. The number of primary amides is 2. The van der Waals surface area contributed by atoms with Gasteiger partial charge < -0.3 is 144 Å². The predicted molar refractivity (Wildman–Crippen MR) is 474 cm³/mol. The summed E-state index contributed by atoms with van der Waals surface area (Å²) in [6.45, 7) is 1.37.